The number of halogens is 3. The third kappa shape index (κ3) is 5.28. The summed E-state index contributed by atoms with van der Waals surface area (Å²) in [6.07, 6.45) is -4.93. The van der Waals surface area contributed by atoms with Crippen LogP contribution in [0.4, 0.5) is 13.2 Å². The molecule has 0 saturated carbocycles. The standard InChI is InChI=1S/C16H23F3N2O2/c1-22-13-9-12(10-14(11-13)23-2)15(3-4-16(17,18)19)21-7-5-20-6-8-21/h9-11,15,20H,3-8H2,1-2H3/t15-/m1/s1. The molecule has 130 valence electrons. The van der Waals surface area contributed by atoms with Gasteiger partial charge in [0.05, 0.1) is 14.2 Å². The van der Waals surface area contributed by atoms with Gasteiger partial charge in [0.1, 0.15) is 11.5 Å². The molecule has 1 aromatic rings. The van der Waals surface area contributed by atoms with Crippen molar-refractivity contribution in [3.05, 3.63) is 23.8 Å². The Morgan fingerprint density at radius 3 is 2.13 bits per heavy atom. The van der Waals surface area contributed by atoms with E-state index in [4.69, 9.17) is 9.47 Å². The van der Waals surface area contributed by atoms with Crippen LogP contribution < -0.4 is 14.8 Å². The maximum absolute atomic E-state index is 12.7. The maximum atomic E-state index is 12.7. The van der Waals surface area contributed by atoms with Gasteiger partial charge in [-0.3, -0.25) is 4.90 Å². The Kier molecular flexibility index (Phi) is 6.12. The lowest BCUT2D eigenvalue weighted by Gasteiger charge is -2.35. The van der Waals surface area contributed by atoms with E-state index in [1.807, 2.05) is 0 Å². The summed E-state index contributed by atoms with van der Waals surface area (Å²) in [6.45, 7) is 3.01. The molecule has 1 aromatic carbocycles. The number of hydrogen-bond acceptors (Lipinski definition) is 4. The molecule has 1 atom stereocenters. The van der Waals surface area contributed by atoms with Crippen LogP contribution >= 0.6 is 0 Å². The summed E-state index contributed by atoms with van der Waals surface area (Å²) in [5.74, 6) is 1.18. The summed E-state index contributed by atoms with van der Waals surface area (Å²) in [4.78, 5) is 2.09. The summed E-state index contributed by atoms with van der Waals surface area (Å²) in [6, 6.07) is 5.02. The van der Waals surface area contributed by atoms with Crippen LogP contribution in [0.25, 0.3) is 0 Å². The summed E-state index contributed by atoms with van der Waals surface area (Å²) in [7, 11) is 3.07. The molecule has 7 heteroatoms. The van der Waals surface area contributed by atoms with Gasteiger partial charge in [-0.2, -0.15) is 13.2 Å². The van der Waals surface area contributed by atoms with Crippen molar-refractivity contribution in [1.82, 2.24) is 10.2 Å². The first-order chi connectivity index (χ1) is 10.9. The molecular formula is C16H23F3N2O2. The van der Waals surface area contributed by atoms with E-state index in [0.29, 0.717) is 11.5 Å². The highest BCUT2D eigenvalue weighted by molar-refractivity contribution is 5.40. The van der Waals surface area contributed by atoms with Crippen LogP contribution in [0.3, 0.4) is 0 Å². The Morgan fingerprint density at radius 1 is 1.09 bits per heavy atom. The number of ether oxygens (including phenoxy) is 2. The van der Waals surface area contributed by atoms with Crippen LogP contribution in [0.1, 0.15) is 24.4 Å². The normalized spacial score (nSPS) is 17.8. The van der Waals surface area contributed by atoms with E-state index in [9.17, 15) is 13.2 Å². The van der Waals surface area contributed by atoms with Gasteiger partial charge in [-0.25, -0.2) is 0 Å². The number of alkyl halides is 3. The minimum Gasteiger partial charge on any atom is -0.497 e. The number of methoxy groups -OCH3 is 2. The highest BCUT2D eigenvalue weighted by Gasteiger charge is 2.31. The molecule has 0 spiro atoms. The quantitative estimate of drug-likeness (QED) is 0.868. The van der Waals surface area contributed by atoms with Crippen molar-refractivity contribution in [2.24, 2.45) is 0 Å². The van der Waals surface area contributed by atoms with Crippen molar-refractivity contribution in [2.45, 2.75) is 25.1 Å². The average molecular weight is 332 g/mol. The lowest BCUT2D eigenvalue weighted by Crippen LogP contribution is -2.45. The first-order valence-electron chi connectivity index (χ1n) is 7.67. The molecule has 0 bridgehead atoms. The van der Waals surface area contributed by atoms with E-state index >= 15 is 0 Å². The van der Waals surface area contributed by atoms with Gasteiger partial charge in [0.15, 0.2) is 0 Å². The SMILES string of the molecule is COc1cc(OC)cc([C@@H](CCC(F)(F)F)N2CCNCC2)c1. The Labute approximate surface area is 134 Å². The predicted molar refractivity (Wildman–Crippen MR) is 82.0 cm³/mol. The smallest absolute Gasteiger partial charge is 0.389 e. The van der Waals surface area contributed by atoms with E-state index in [0.717, 1.165) is 31.7 Å². The molecule has 0 aliphatic carbocycles. The molecule has 2 rings (SSSR count). The van der Waals surface area contributed by atoms with E-state index in [1.54, 1.807) is 18.2 Å². The van der Waals surface area contributed by atoms with Gasteiger partial charge in [-0.15, -0.1) is 0 Å². The molecule has 0 radical (unpaired) electrons. The molecule has 1 fully saturated rings. The summed E-state index contributed by atoms with van der Waals surface area (Å²) in [5.41, 5.74) is 0.798. The number of piperazine rings is 1. The Balaban J connectivity index is 2.27. The first kappa shape index (κ1) is 17.9. The molecule has 1 aliphatic heterocycles. The van der Waals surface area contributed by atoms with Crippen molar-refractivity contribution in [3.63, 3.8) is 0 Å². The van der Waals surface area contributed by atoms with Gasteiger partial charge < -0.3 is 14.8 Å². The zero-order valence-electron chi connectivity index (χ0n) is 13.4. The monoisotopic (exact) mass is 332 g/mol. The number of nitrogens with zero attached hydrogens (tertiary/aromatic N) is 1. The van der Waals surface area contributed by atoms with Crippen LogP contribution in [-0.2, 0) is 0 Å². The van der Waals surface area contributed by atoms with Crippen LogP contribution in [0, 0.1) is 0 Å². The summed E-state index contributed by atoms with van der Waals surface area (Å²) in [5, 5.41) is 3.23. The van der Waals surface area contributed by atoms with Crippen molar-refractivity contribution < 1.29 is 22.6 Å². The summed E-state index contributed by atoms with van der Waals surface area (Å²) < 4.78 is 48.6. The topological polar surface area (TPSA) is 33.7 Å². The third-order valence-corrected chi connectivity index (χ3v) is 4.05. The highest BCUT2D eigenvalue weighted by Crippen LogP contribution is 2.35. The number of hydrogen-bond donors (Lipinski definition) is 1. The highest BCUT2D eigenvalue weighted by atomic mass is 19.4. The minimum atomic E-state index is -4.16. The fourth-order valence-corrected chi connectivity index (χ4v) is 2.88. The van der Waals surface area contributed by atoms with Crippen LogP contribution in [0.5, 0.6) is 11.5 Å². The number of benzene rings is 1. The molecule has 0 aromatic heterocycles. The fraction of sp³-hybridized carbons (Fsp3) is 0.625. The van der Waals surface area contributed by atoms with Crippen molar-refractivity contribution in [1.29, 1.82) is 0 Å². The fourth-order valence-electron chi connectivity index (χ4n) is 2.88. The van der Waals surface area contributed by atoms with E-state index in [-0.39, 0.29) is 12.5 Å². The Bertz CT molecular complexity index is 480. The molecule has 1 N–H and O–H groups in total. The van der Waals surface area contributed by atoms with Gasteiger partial charge >= 0.3 is 6.18 Å². The maximum Gasteiger partial charge on any atom is 0.389 e. The Morgan fingerprint density at radius 2 is 1.65 bits per heavy atom. The van der Waals surface area contributed by atoms with Gasteiger partial charge in [-0.1, -0.05) is 0 Å². The van der Waals surface area contributed by atoms with Gasteiger partial charge in [0, 0.05) is 44.7 Å². The molecule has 1 heterocycles. The number of rotatable bonds is 6. The van der Waals surface area contributed by atoms with Crippen molar-refractivity contribution in [3.8, 4) is 11.5 Å². The molecule has 0 amide bonds. The van der Waals surface area contributed by atoms with E-state index in [1.165, 1.54) is 14.2 Å². The molecular weight excluding hydrogens is 309 g/mol. The second kappa shape index (κ2) is 7.88. The van der Waals surface area contributed by atoms with E-state index < -0.39 is 12.6 Å². The third-order valence-electron chi connectivity index (χ3n) is 4.05. The summed E-state index contributed by atoms with van der Waals surface area (Å²) >= 11 is 0. The van der Waals surface area contributed by atoms with Crippen molar-refractivity contribution >= 4 is 0 Å². The second-order valence-electron chi connectivity index (χ2n) is 5.60. The zero-order valence-corrected chi connectivity index (χ0v) is 13.4. The van der Waals surface area contributed by atoms with Crippen LogP contribution in [0.2, 0.25) is 0 Å². The first-order valence-corrected chi connectivity index (χ1v) is 7.67. The van der Waals surface area contributed by atoms with Crippen molar-refractivity contribution in [2.75, 3.05) is 40.4 Å². The lowest BCUT2D eigenvalue weighted by molar-refractivity contribution is -0.138. The zero-order chi connectivity index (χ0) is 16.9. The van der Waals surface area contributed by atoms with Crippen LogP contribution in [-0.4, -0.2) is 51.5 Å². The molecule has 1 aliphatic rings. The van der Waals surface area contributed by atoms with Gasteiger partial charge in [-0.05, 0) is 24.1 Å². The second-order valence-corrected chi connectivity index (χ2v) is 5.60. The molecule has 23 heavy (non-hydrogen) atoms. The van der Waals surface area contributed by atoms with Gasteiger partial charge in [0.2, 0.25) is 0 Å². The molecule has 4 nitrogen and oxygen atoms in total. The Hall–Kier alpha value is -1.47. The lowest BCUT2D eigenvalue weighted by atomic mass is 9.98. The predicted octanol–water partition coefficient (Wildman–Crippen LogP) is 2.99. The number of nitrogens with one attached hydrogen (secondary N) is 1. The largest absolute Gasteiger partial charge is 0.497 e. The molecule has 1 saturated heterocycles. The van der Waals surface area contributed by atoms with Crippen LogP contribution in [0.15, 0.2) is 18.2 Å². The van der Waals surface area contributed by atoms with E-state index in [2.05, 4.69) is 10.2 Å². The minimum absolute atomic E-state index is 0.0276. The van der Waals surface area contributed by atoms with Gasteiger partial charge in [0.25, 0.3) is 0 Å². The average Bonchev–Trinajstić information content (AvgIpc) is 2.54. The molecule has 0 unspecified atom stereocenters.